The lowest BCUT2D eigenvalue weighted by Crippen LogP contribution is -2.31. The largest absolute Gasteiger partial charge is 0.463 e. The molecule has 1 unspecified atom stereocenters. The Morgan fingerprint density at radius 2 is 2.14 bits per heavy atom. The van der Waals surface area contributed by atoms with Crippen molar-refractivity contribution in [2.24, 2.45) is 11.0 Å². The van der Waals surface area contributed by atoms with E-state index in [9.17, 15) is 9.59 Å². The number of nitrogens with zero attached hydrogens (tertiary/aromatic N) is 1. The number of rotatable bonds is 4. The summed E-state index contributed by atoms with van der Waals surface area (Å²) in [5, 5.41) is 4.11. The minimum Gasteiger partial charge on any atom is -0.463 e. The Hall–Kier alpha value is -2.43. The summed E-state index contributed by atoms with van der Waals surface area (Å²) in [5.74, 6) is -0.311. The predicted molar refractivity (Wildman–Crippen MR) is 80.6 cm³/mol. The number of carbonyl (C=O) groups is 2. The number of hydrogen-bond acceptors (Lipinski definition) is 4. The van der Waals surface area contributed by atoms with E-state index in [1.807, 2.05) is 31.2 Å². The highest BCUT2D eigenvalue weighted by Crippen LogP contribution is 2.17. The SMILES string of the molecule is CCOC(=O)C=Cc1ccc(C2=NNC(=O)CC2C)cc1. The third-order valence-corrected chi connectivity index (χ3v) is 3.16. The molecule has 0 radical (unpaired) electrons. The van der Waals surface area contributed by atoms with E-state index in [1.54, 1.807) is 13.0 Å². The molecule has 1 aromatic rings. The Morgan fingerprint density at radius 3 is 2.76 bits per heavy atom. The van der Waals surface area contributed by atoms with Gasteiger partial charge in [-0.1, -0.05) is 31.2 Å². The third kappa shape index (κ3) is 4.02. The number of nitrogens with one attached hydrogen (secondary N) is 1. The van der Waals surface area contributed by atoms with Crippen LogP contribution in [0, 0.1) is 5.92 Å². The highest BCUT2D eigenvalue weighted by Gasteiger charge is 2.21. The van der Waals surface area contributed by atoms with Crippen LogP contribution in [-0.2, 0) is 14.3 Å². The first-order valence-corrected chi connectivity index (χ1v) is 6.92. The van der Waals surface area contributed by atoms with Crippen LogP contribution in [0.1, 0.15) is 31.4 Å². The monoisotopic (exact) mass is 286 g/mol. The number of benzene rings is 1. The molecule has 0 bridgehead atoms. The van der Waals surface area contributed by atoms with Gasteiger partial charge in [0.05, 0.1) is 12.3 Å². The summed E-state index contributed by atoms with van der Waals surface area (Å²) in [5.41, 5.74) is 5.25. The van der Waals surface area contributed by atoms with Crippen molar-refractivity contribution in [2.45, 2.75) is 20.3 Å². The topological polar surface area (TPSA) is 67.8 Å². The molecular weight excluding hydrogens is 268 g/mol. The molecule has 0 fully saturated rings. The van der Waals surface area contributed by atoms with Crippen molar-refractivity contribution in [1.82, 2.24) is 5.43 Å². The molecule has 5 nitrogen and oxygen atoms in total. The lowest BCUT2D eigenvalue weighted by Gasteiger charge is -2.19. The number of ether oxygens (including phenoxy) is 1. The van der Waals surface area contributed by atoms with Crippen LogP contribution in [-0.4, -0.2) is 24.2 Å². The van der Waals surface area contributed by atoms with E-state index in [1.165, 1.54) is 6.08 Å². The average Bonchev–Trinajstić information content (AvgIpc) is 2.46. The van der Waals surface area contributed by atoms with E-state index in [4.69, 9.17) is 4.74 Å². The summed E-state index contributed by atoms with van der Waals surface area (Å²) in [4.78, 5) is 22.5. The maximum absolute atomic E-state index is 11.2. The van der Waals surface area contributed by atoms with Crippen molar-refractivity contribution in [3.05, 3.63) is 41.5 Å². The van der Waals surface area contributed by atoms with Crippen molar-refractivity contribution >= 4 is 23.7 Å². The molecule has 1 aromatic carbocycles. The minimum atomic E-state index is -0.352. The molecule has 1 aliphatic rings. The Labute approximate surface area is 123 Å². The molecule has 1 heterocycles. The van der Waals surface area contributed by atoms with Gasteiger partial charge in [-0.2, -0.15) is 5.10 Å². The van der Waals surface area contributed by atoms with Crippen molar-refractivity contribution < 1.29 is 14.3 Å². The standard InChI is InChI=1S/C16H18N2O3/c1-3-21-15(20)9-6-12-4-7-13(8-5-12)16-11(2)10-14(19)17-18-16/h4-9,11H,3,10H2,1-2H3,(H,17,19). The second kappa shape index (κ2) is 6.83. The molecule has 1 aliphatic heterocycles. The number of esters is 1. The Morgan fingerprint density at radius 1 is 1.43 bits per heavy atom. The van der Waals surface area contributed by atoms with Crippen LogP contribution in [0.4, 0.5) is 0 Å². The molecule has 1 N–H and O–H groups in total. The van der Waals surface area contributed by atoms with Gasteiger partial charge < -0.3 is 4.74 Å². The van der Waals surface area contributed by atoms with Crippen LogP contribution in [0.5, 0.6) is 0 Å². The van der Waals surface area contributed by atoms with Gasteiger partial charge in [0.15, 0.2) is 0 Å². The second-order valence-electron chi connectivity index (χ2n) is 4.84. The first kappa shape index (κ1) is 15.0. The van der Waals surface area contributed by atoms with Crippen LogP contribution < -0.4 is 5.43 Å². The summed E-state index contributed by atoms with van der Waals surface area (Å²) in [7, 11) is 0. The predicted octanol–water partition coefficient (Wildman–Crippen LogP) is 2.12. The van der Waals surface area contributed by atoms with Crippen molar-refractivity contribution in [3.8, 4) is 0 Å². The van der Waals surface area contributed by atoms with Crippen molar-refractivity contribution in [2.75, 3.05) is 6.61 Å². The molecule has 1 amide bonds. The van der Waals surface area contributed by atoms with Gasteiger partial charge in [0.2, 0.25) is 5.91 Å². The van der Waals surface area contributed by atoms with Gasteiger partial charge in [0, 0.05) is 18.4 Å². The van der Waals surface area contributed by atoms with E-state index < -0.39 is 0 Å². The van der Waals surface area contributed by atoms with E-state index >= 15 is 0 Å². The molecule has 0 spiro atoms. The lowest BCUT2D eigenvalue weighted by atomic mass is 9.93. The molecule has 5 heteroatoms. The van der Waals surface area contributed by atoms with Gasteiger partial charge in [0.1, 0.15) is 0 Å². The number of amides is 1. The van der Waals surface area contributed by atoms with Crippen LogP contribution in [0.15, 0.2) is 35.4 Å². The maximum atomic E-state index is 11.2. The smallest absolute Gasteiger partial charge is 0.330 e. The number of carbonyl (C=O) groups excluding carboxylic acids is 2. The molecule has 110 valence electrons. The van der Waals surface area contributed by atoms with Gasteiger partial charge >= 0.3 is 5.97 Å². The van der Waals surface area contributed by atoms with Crippen LogP contribution in [0.2, 0.25) is 0 Å². The molecule has 0 aromatic heterocycles. The Kier molecular flexibility index (Phi) is 4.87. The first-order valence-electron chi connectivity index (χ1n) is 6.92. The number of hydrazone groups is 1. The summed E-state index contributed by atoms with van der Waals surface area (Å²) in [6.45, 7) is 4.11. The number of hydrogen-bond donors (Lipinski definition) is 1. The fraction of sp³-hybridized carbons (Fsp3) is 0.312. The molecule has 2 rings (SSSR count). The quantitative estimate of drug-likeness (QED) is 0.681. The molecule has 1 atom stereocenters. The zero-order chi connectivity index (χ0) is 15.2. The normalized spacial score (nSPS) is 18.3. The van der Waals surface area contributed by atoms with E-state index in [-0.39, 0.29) is 17.8 Å². The fourth-order valence-corrected chi connectivity index (χ4v) is 2.12. The van der Waals surface area contributed by atoms with Crippen LogP contribution in [0.3, 0.4) is 0 Å². The van der Waals surface area contributed by atoms with E-state index in [0.29, 0.717) is 13.0 Å². The fourth-order valence-electron chi connectivity index (χ4n) is 2.12. The summed E-state index contributed by atoms with van der Waals surface area (Å²) in [6.07, 6.45) is 3.55. The van der Waals surface area contributed by atoms with Gasteiger partial charge in [-0.3, -0.25) is 4.79 Å². The Bertz CT molecular complexity index is 588. The maximum Gasteiger partial charge on any atom is 0.330 e. The molecule has 0 aliphatic carbocycles. The average molecular weight is 286 g/mol. The lowest BCUT2D eigenvalue weighted by molar-refractivity contribution is -0.137. The minimum absolute atomic E-state index is 0.0553. The highest BCUT2D eigenvalue weighted by molar-refractivity contribution is 6.05. The van der Waals surface area contributed by atoms with Gasteiger partial charge in [-0.25, -0.2) is 10.2 Å². The third-order valence-electron chi connectivity index (χ3n) is 3.16. The summed E-state index contributed by atoms with van der Waals surface area (Å²) >= 11 is 0. The van der Waals surface area contributed by atoms with Gasteiger partial charge in [0.25, 0.3) is 0 Å². The summed E-state index contributed by atoms with van der Waals surface area (Å²) in [6, 6.07) is 7.66. The van der Waals surface area contributed by atoms with E-state index in [0.717, 1.165) is 16.8 Å². The molecule has 21 heavy (non-hydrogen) atoms. The highest BCUT2D eigenvalue weighted by atomic mass is 16.5. The van der Waals surface area contributed by atoms with Gasteiger partial charge in [-0.15, -0.1) is 0 Å². The molecular formula is C16H18N2O3. The molecule has 0 saturated carbocycles. The van der Waals surface area contributed by atoms with Crippen molar-refractivity contribution in [3.63, 3.8) is 0 Å². The van der Waals surface area contributed by atoms with E-state index in [2.05, 4.69) is 10.5 Å². The van der Waals surface area contributed by atoms with Crippen LogP contribution >= 0.6 is 0 Å². The summed E-state index contributed by atoms with van der Waals surface area (Å²) < 4.78 is 4.82. The van der Waals surface area contributed by atoms with Crippen LogP contribution in [0.25, 0.3) is 6.08 Å². The second-order valence-corrected chi connectivity index (χ2v) is 4.84. The first-order chi connectivity index (χ1) is 10.1. The van der Waals surface area contributed by atoms with Crippen molar-refractivity contribution in [1.29, 1.82) is 0 Å². The van der Waals surface area contributed by atoms with Gasteiger partial charge in [-0.05, 0) is 24.1 Å². The molecule has 0 saturated heterocycles. The zero-order valence-corrected chi connectivity index (χ0v) is 12.1. The Balaban J connectivity index is 2.09. The zero-order valence-electron chi connectivity index (χ0n) is 12.1.